The van der Waals surface area contributed by atoms with Gasteiger partial charge in [0.1, 0.15) is 9.88 Å². The van der Waals surface area contributed by atoms with E-state index in [1.165, 1.54) is 12.3 Å². The van der Waals surface area contributed by atoms with Gasteiger partial charge in [0.15, 0.2) is 11.9 Å². The van der Waals surface area contributed by atoms with E-state index in [1.54, 1.807) is 57.2 Å². The monoisotopic (exact) mass is 484 g/mol. The highest BCUT2D eigenvalue weighted by atomic mass is 32.1. The lowest BCUT2D eigenvalue weighted by Crippen LogP contribution is -2.46. The Bertz CT molecular complexity index is 1170. The molecule has 3 aromatic rings. The molecule has 10 heteroatoms. The fourth-order valence-corrected chi connectivity index (χ4v) is 4.25. The maximum absolute atomic E-state index is 13.3. The molecule has 0 aliphatic heterocycles. The molecular formula is C24H24N2O7S. The maximum atomic E-state index is 13.3. The maximum Gasteiger partial charge on any atom is 0.348 e. The summed E-state index contributed by atoms with van der Waals surface area (Å²) < 4.78 is 15.4. The summed E-state index contributed by atoms with van der Waals surface area (Å²) in [5, 5.41) is 5.70. The van der Waals surface area contributed by atoms with Crippen LogP contribution in [-0.2, 0) is 9.47 Å². The van der Waals surface area contributed by atoms with Gasteiger partial charge in [0.2, 0.25) is 5.78 Å². The van der Waals surface area contributed by atoms with E-state index in [1.807, 2.05) is 0 Å². The fourth-order valence-electron chi connectivity index (χ4n) is 3.13. The second kappa shape index (κ2) is 11.3. The van der Waals surface area contributed by atoms with Crippen molar-refractivity contribution >= 4 is 40.0 Å². The van der Waals surface area contributed by atoms with Crippen molar-refractivity contribution in [3.63, 3.8) is 0 Å². The zero-order valence-corrected chi connectivity index (χ0v) is 19.7. The van der Waals surface area contributed by atoms with E-state index in [4.69, 9.17) is 13.9 Å². The van der Waals surface area contributed by atoms with Crippen LogP contribution >= 0.6 is 11.3 Å². The second-order valence-electron chi connectivity index (χ2n) is 6.96. The van der Waals surface area contributed by atoms with Crippen LogP contribution in [0.2, 0.25) is 0 Å². The minimum atomic E-state index is -1.28. The molecule has 0 bridgehead atoms. The molecule has 178 valence electrons. The first kappa shape index (κ1) is 24.7. The molecule has 9 nitrogen and oxygen atoms in total. The van der Waals surface area contributed by atoms with Gasteiger partial charge in [0.25, 0.3) is 5.91 Å². The lowest BCUT2D eigenvalue weighted by Gasteiger charge is -2.20. The molecule has 0 aliphatic carbocycles. The van der Waals surface area contributed by atoms with Crippen LogP contribution in [0.1, 0.15) is 60.4 Å². The normalized spacial score (nSPS) is 11.4. The van der Waals surface area contributed by atoms with E-state index in [0.717, 1.165) is 11.3 Å². The quantitative estimate of drug-likeness (QED) is 0.251. The average Bonchev–Trinajstić information content (AvgIpc) is 3.47. The molecule has 2 heterocycles. The number of ether oxygens (including phenoxy) is 2. The van der Waals surface area contributed by atoms with Gasteiger partial charge in [-0.1, -0.05) is 30.3 Å². The van der Waals surface area contributed by atoms with Gasteiger partial charge < -0.3 is 24.5 Å². The Kier molecular flexibility index (Phi) is 8.20. The van der Waals surface area contributed by atoms with E-state index >= 15 is 0 Å². The second-order valence-corrected chi connectivity index (χ2v) is 7.98. The van der Waals surface area contributed by atoms with Crippen LogP contribution in [-0.4, -0.2) is 43.0 Å². The summed E-state index contributed by atoms with van der Waals surface area (Å²) in [5.41, 5.74) is 0.775. The first-order chi connectivity index (χ1) is 16.4. The largest absolute Gasteiger partial charge is 0.462 e. The third-order valence-electron chi connectivity index (χ3n) is 4.70. The highest BCUT2D eigenvalue weighted by molar-refractivity contribution is 7.18. The Morgan fingerprint density at radius 2 is 1.65 bits per heavy atom. The third-order valence-corrected chi connectivity index (χ3v) is 5.91. The number of Topliss-reactive ketones (excluding diaryl/α,β-unsaturated/α-hetero) is 1. The van der Waals surface area contributed by atoms with Gasteiger partial charge in [0.05, 0.1) is 25.0 Å². The number of hydrogen-bond donors (Lipinski definition) is 2. The van der Waals surface area contributed by atoms with Gasteiger partial charge in [-0.15, -0.1) is 11.3 Å². The summed E-state index contributed by atoms with van der Waals surface area (Å²) in [5.74, 6) is -2.36. The molecule has 2 N–H and O–H groups in total. The first-order valence-electron chi connectivity index (χ1n) is 10.5. The van der Waals surface area contributed by atoms with Crippen molar-refractivity contribution in [1.82, 2.24) is 5.32 Å². The number of esters is 2. The van der Waals surface area contributed by atoms with E-state index in [0.29, 0.717) is 11.1 Å². The summed E-state index contributed by atoms with van der Waals surface area (Å²) in [6, 6.07) is 11.3. The summed E-state index contributed by atoms with van der Waals surface area (Å²) in [4.78, 5) is 51.3. The summed E-state index contributed by atoms with van der Waals surface area (Å²) in [7, 11) is 0. The van der Waals surface area contributed by atoms with Crippen LogP contribution in [0.4, 0.5) is 5.00 Å². The highest BCUT2D eigenvalue weighted by Gasteiger charge is 2.30. The molecule has 0 radical (unpaired) electrons. The predicted octanol–water partition coefficient (Wildman–Crippen LogP) is 4.05. The Hall–Kier alpha value is -3.92. The number of nitrogens with one attached hydrogen (secondary N) is 2. The molecule has 0 unspecified atom stereocenters. The minimum Gasteiger partial charge on any atom is -0.462 e. The molecule has 1 aromatic carbocycles. The topological polar surface area (TPSA) is 124 Å². The Morgan fingerprint density at radius 3 is 2.26 bits per heavy atom. The predicted molar refractivity (Wildman–Crippen MR) is 125 cm³/mol. The first-order valence-corrected chi connectivity index (χ1v) is 11.4. The molecule has 0 spiro atoms. The Balaban J connectivity index is 2.02. The number of anilines is 1. The highest BCUT2D eigenvalue weighted by Crippen LogP contribution is 2.35. The van der Waals surface area contributed by atoms with Gasteiger partial charge in [0, 0.05) is 5.56 Å². The van der Waals surface area contributed by atoms with Crippen LogP contribution in [0.15, 0.2) is 53.1 Å². The van der Waals surface area contributed by atoms with Gasteiger partial charge in [-0.2, -0.15) is 0 Å². The number of ketones is 1. The van der Waals surface area contributed by atoms with E-state index in [9.17, 15) is 19.2 Å². The summed E-state index contributed by atoms with van der Waals surface area (Å²) in [6.07, 6.45) is 0.0602. The lowest BCUT2D eigenvalue weighted by atomic mass is 10.1. The molecule has 1 amide bonds. The van der Waals surface area contributed by atoms with E-state index in [-0.39, 0.29) is 34.4 Å². The number of benzene rings is 1. The van der Waals surface area contributed by atoms with Crippen molar-refractivity contribution in [2.24, 2.45) is 0 Å². The van der Waals surface area contributed by atoms with Crippen LogP contribution in [0.25, 0.3) is 0 Å². The van der Waals surface area contributed by atoms with Crippen molar-refractivity contribution in [2.75, 3.05) is 18.5 Å². The minimum absolute atomic E-state index is 0.00727. The number of carbonyl (C=O) groups excluding carboxylic acids is 4. The smallest absolute Gasteiger partial charge is 0.348 e. The SMILES string of the molecule is CCOC(=O)c1sc(N[C@H](NC(=O)c2ccco2)C(=O)c2ccccc2)c(C(=O)OCC)c1C. The summed E-state index contributed by atoms with van der Waals surface area (Å²) in [6.45, 7) is 5.19. The Labute approximate surface area is 200 Å². The summed E-state index contributed by atoms with van der Waals surface area (Å²) >= 11 is 0.940. The van der Waals surface area contributed by atoms with Gasteiger partial charge in [-0.25, -0.2) is 9.59 Å². The average molecular weight is 485 g/mol. The number of rotatable bonds is 10. The van der Waals surface area contributed by atoms with Crippen molar-refractivity contribution in [1.29, 1.82) is 0 Å². The van der Waals surface area contributed by atoms with Crippen molar-refractivity contribution in [3.05, 3.63) is 76.1 Å². The molecule has 34 heavy (non-hydrogen) atoms. The van der Waals surface area contributed by atoms with Gasteiger partial charge >= 0.3 is 11.9 Å². The van der Waals surface area contributed by atoms with Gasteiger partial charge in [-0.05, 0) is 38.5 Å². The van der Waals surface area contributed by atoms with Crippen LogP contribution in [0, 0.1) is 6.92 Å². The van der Waals surface area contributed by atoms with Crippen molar-refractivity contribution < 1.29 is 33.1 Å². The van der Waals surface area contributed by atoms with Gasteiger partial charge in [-0.3, -0.25) is 9.59 Å². The van der Waals surface area contributed by atoms with E-state index in [2.05, 4.69) is 10.6 Å². The number of furan rings is 1. The molecule has 0 fully saturated rings. The number of thiophene rings is 1. The molecular weight excluding hydrogens is 460 g/mol. The fraction of sp³-hybridized carbons (Fsp3) is 0.250. The molecule has 0 saturated heterocycles. The number of amides is 1. The van der Waals surface area contributed by atoms with E-state index < -0.39 is 29.8 Å². The molecule has 3 rings (SSSR count). The zero-order valence-electron chi connectivity index (χ0n) is 18.9. The molecule has 0 aliphatic rings. The molecule has 0 saturated carbocycles. The zero-order chi connectivity index (χ0) is 24.7. The van der Waals surface area contributed by atoms with Crippen LogP contribution in [0.5, 0.6) is 0 Å². The third kappa shape index (κ3) is 5.52. The standard InChI is InChI=1S/C24H24N2O7S/c1-4-31-23(29)17-14(3)19(24(30)32-5-2)34-22(17)26-20(18(27)15-10-7-6-8-11-15)25-21(28)16-12-9-13-33-16/h6-13,20,26H,4-5H2,1-3H3,(H,25,28)/t20-/m0/s1. The Morgan fingerprint density at radius 1 is 0.971 bits per heavy atom. The molecule has 1 atom stereocenters. The lowest BCUT2D eigenvalue weighted by molar-refractivity contribution is 0.0526. The number of carbonyl (C=O) groups is 4. The number of hydrogen-bond acceptors (Lipinski definition) is 9. The molecule has 2 aromatic heterocycles. The van der Waals surface area contributed by atoms with Crippen LogP contribution < -0.4 is 10.6 Å². The van der Waals surface area contributed by atoms with Crippen molar-refractivity contribution in [2.45, 2.75) is 26.9 Å². The van der Waals surface area contributed by atoms with Crippen LogP contribution in [0.3, 0.4) is 0 Å². The van der Waals surface area contributed by atoms with Crippen molar-refractivity contribution in [3.8, 4) is 0 Å².